The second-order valence-electron chi connectivity index (χ2n) is 3.22. The van der Waals surface area contributed by atoms with Crippen LogP contribution in [-0.4, -0.2) is 15.5 Å². The zero-order chi connectivity index (χ0) is 11.5. The maximum absolute atomic E-state index is 11.7. The Bertz CT molecular complexity index is 513. The summed E-state index contributed by atoms with van der Waals surface area (Å²) < 4.78 is 4.49. The second-order valence-corrected chi connectivity index (χ2v) is 4.86. The first-order valence-electron chi connectivity index (χ1n) is 4.51. The molecule has 0 aliphatic rings. The standard InChI is InChI=1S/C10H8BrN3OS/c1-6-2-3-7(11)8(4-6)13-10(15)9-5-12-14-16-9/h2-5H,1H3,(H,13,15). The molecular weight excluding hydrogens is 290 g/mol. The summed E-state index contributed by atoms with van der Waals surface area (Å²) >= 11 is 4.45. The van der Waals surface area contributed by atoms with Gasteiger partial charge in [-0.2, -0.15) is 0 Å². The molecule has 6 heteroatoms. The van der Waals surface area contributed by atoms with Gasteiger partial charge in [-0.05, 0) is 52.1 Å². The molecule has 1 amide bonds. The van der Waals surface area contributed by atoms with Crippen molar-refractivity contribution in [1.82, 2.24) is 9.59 Å². The Kier molecular flexibility index (Phi) is 3.31. The van der Waals surface area contributed by atoms with Crippen molar-refractivity contribution in [3.05, 3.63) is 39.3 Å². The third-order valence-electron chi connectivity index (χ3n) is 1.96. The Balaban J connectivity index is 2.21. The van der Waals surface area contributed by atoms with Crippen LogP contribution in [0.4, 0.5) is 5.69 Å². The number of rotatable bonds is 2. The molecule has 2 aromatic rings. The number of hydrogen-bond donors (Lipinski definition) is 1. The van der Waals surface area contributed by atoms with E-state index in [0.29, 0.717) is 4.88 Å². The van der Waals surface area contributed by atoms with E-state index in [1.165, 1.54) is 6.20 Å². The van der Waals surface area contributed by atoms with Crippen LogP contribution >= 0.6 is 27.5 Å². The zero-order valence-corrected chi connectivity index (χ0v) is 10.8. The Morgan fingerprint density at radius 1 is 1.50 bits per heavy atom. The molecule has 0 bridgehead atoms. The predicted octanol–water partition coefficient (Wildman–Crippen LogP) is 2.86. The number of nitrogens with zero attached hydrogens (tertiary/aromatic N) is 2. The van der Waals surface area contributed by atoms with Gasteiger partial charge in [-0.15, -0.1) is 5.10 Å². The molecule has 0 atom stereocenters. The second kappa shape index (κ2) is 4.71. The first-order chi connectivity index (χ1) is 7.66. The molecule has 0 radical (unpaired) electrons. The predicted molar refractivity (Wildman–Crippen MR) is 66.7 cm³/mol. The van der Waals surface area contributed by atoms with Crippen LogP contribution in [0.15, 0.2) is 28.9 Å². The minimum Gasteiger partial charge on any atom is -0.320 e. The van der Waals surface area contributed by atoms with Crippen LogP contribution in [0.2, 0.25) is 0 Å². The van der Waals surface area contributed by atoms with E-state index in [4.69, 9.17) is 0 Å². The lowest BCUT2D eigenvalue weighted by Crippen LogP contribution is -2.10. The van der Waals surface area contributed by atoms with Crippen molar-refractivity contribution in [2.24, 2.45) is 0 Å². The van der Waals surface area contributed by atoms with E-state index in [0.717, 1.165) is 27.3 Å². The largest absolute Gasteiger partial charge is 0.320 e. The molecule has 4 nitrogen and oxygen atoms in total. The quantitative estimate of drug-likeness (QED) is 0.927. The summed E-state index contributed by atoms with van der Waals surface area (Å²) in [6, 6.07) is 5.76. The van der Waals surface area contributed by atoms with Crippen LogP contribution in [0.1, 0.15) is 15.2 Å². The monoisotopic (exact) mass is 297 g/mol. The van der Waals surface area contributed by atoms with Gasteiger partial charge in [0.1, 0.15) is 4.88 Å². The molecular formula is C10H8BrN3OS. The fourth-order valence-corrected chi connectivity index (χ4v) is 1.94. The smallest absolute Gasteiger partial charge is 0.269 e. The van der Waals surface area contributed by atoms with E-state index < -0.39 is 0 Å². The van der Waals surface area contributed by atoms with Gasteiger partial charge in [-0.1, -0.05) is 10.6 Å². The Morgan fingerprint density at radius 2 is 2.31 bits per heavy atom. The SMILES string of the molecule is Cc1ccc(Br)c(NC(=O)c2cnns2)c1. The van der Waals surface area contributed by atoms with Crippen molar-refractivity contribution >= 4 is 39.1 Å². The summed E-state index contributed by atoms with van der Waals surface area (Å²) in [5.41, 5.74) is 1.83. The Hall–Kier alpha value is -1.27. The molecule has 1 aromatic heterocycles. The van der Waals surface area contributed by atoms with Gasteiger partial charge in [0.15, 0.2) is 0 Å². The van der Waals surface area contributed by atoms with E-state index >= 15 is 0 Å². The number of benzene rings is 1. The van der Waals surface area contributed by atoms with Crippen LogP contribution in [0.5, 0.6) is 0 Å². The first kappa shape index (κ1) is 11.2. The molecule has 1 aromatic carbocycles. The molecule has 0 aliphatic heterocycles. The summed E-state index contributed by atoms with van der Waals surface area (Å²) in [4.78, 5) is 12.2. The molecule has 0 saturated carbocycles. The van der Waals surface area contributed by atoms with Gasteiger partial charge in [-0.3, -0.25) is 4.79 Å². The summed E-state index contributed by atoms with van der Waals surface area (Å²) in [6.45, 7) is 1.97. The number of halogens is 1. The molecule has 0 unspecified atom stereocenters. The molecule has 0 aliphatic carbocycles. The third kappa shape index (κ3) is 2.45. The van der Waals surface area contributed by atoms with E-state index in [2.05, 4.69) is 30.8 Å². The number of carbonyl (C=O) groups excluding carboxylic acids is 1. The minimum atomic E-state index is -0.193. The maximum Gasteiger partial charge on any atom is 0.269 e. The molecule has 0 spiro atoms. The molecule has 16 heavy (non-hydrogen) atoms. The highest BCUT2D eigenvalue weighted by atomic mass is 79.9. The van der Waals surface area contributed by atoms with E-state index in [9.17, 15) is 4.79 Å². The Morgan fingerprint density at radius 3 is 3.00 bits per heavy atom. The summed E-state index contributed by atoms with van der Waals surface area (Å²) in [5.74, 6) is -0.193. The van der Waals surface area contributed by atoms with Crippen molar-refractivity contribution in [3.8, 4) is 0 Å². The van der Waals surface area contributed by atoms with Crippen LogP contribution in [0.3, 0.4) is 0 Å². The topological polar surface area (TPSA) is 54.9 Å². The average Bonchev–Trinajstić information content (AvgIpc) is 2.76. The van der Waals surface area contributed by atoms with Gasteiger partial charge in [0.05, 0.1) is 11.9 Å². The highest BCUT2D eigenvalue weighted by Crippen LogP contribution is 2.24. The molecule has 0 fully saturated rings. The van der Waals surface area contributed by atoms with E-state index in [1.807, 2.05) is 25.1 Å². The Labute approximate surface area is 105 Å². The van der Waals surface area contributed by atoms with Crippen molar-refractivity contribution in [2.45, 2.75) is 6.92 Å². The molecule has 0 saturated heterocycles. The molecule has 82 valence electrons. The van der Waals surface area contributed by atoms with E-state index in [1.54, 1.807) is 0 Å². The summed E-state index contributed by atoms with van der Waals surface area (Å²) in [6.07, 6.45) is 1.45. The zero-order valence-electron chi connectivity index (χ0n) is 8.40. The number of nitrogens with one attached hydrogen (secondary N) is 1. The highest BCUT2D eigenvalue weighted by Gasteiger charge is 2.10. The number of aromatic nitrogens is 2. The summed E-state index contributed by atoms with van der Waals surface area (Å²) in [5, 5.41) is 6.42. The number of anilines is 1. The lowest BCUT2D eigenvalue weighted by Gasteiger charge is -2.06. The fraction of sp³-hybridized carbons (Fsp3) is 0.100. The number of hydrogen-bond acceptors (Lipinski definition) is 4. The number of aryl methyl sites for hydroxylation is 1. The van der Waals surface area contributed by atoms with Crippen molar-refractivity contribution in [3.63, 3.8) is 0 Å². The average molecular weight is 298 g/mol. The normalized spacial score (nSPS) is 10.1. The van der Waals surface area contributed by atoms with Crippen LogP contribution in [0, 0.1) is 6.92 Å². The first-order valence-corrected chi connectivity index (χ1v) is 6.08. The van der Waals surface area contributed by atoms with Gasteiger partial charge >= 0.3 is 0 Å². The van der Waals surface area contributed by atoms with Gasteiger partial charge < -0.3 is 5.32 Å². The maximum atomic E-state index is 11.7. The van der Waals surface area contributed by atoms with Crippen molar-refractivity contribution in [2.75, 3.05) is 5.32 Å². The van der Waals surface area contributed by atoms with Gasteiger partial charge in [-0.25, -0.2) is 0 Å². The minimum absolute atomic E-state index is 0.193. The van der Waals surface area contributed by atoms with Gasteiger partial charge in [0.2, 0.25) is 0 Å². The van der Waals surface area contributed by atoms with Crippen molar-refractivity contribution < 1.29 is 4.79 Å². The van der Waals surface area contributed by atoms with Crippen molar-refractivity contribution in [1.29, 1.82) is 0 Å². The molecule has 2 rings (SSSR count). The number of carbonyl (C=O) groups is 1. The third-order valence-corrected chi connectivity index (χ3v) is 3.31. The van der Waals surface area contributed by atoms with Gasteiger partial charge in [0.25, 0.3) is 5.91 Å². The van der Waals surface area contributed by atoms with Gasteiger partial charge in [0, 0.05) is 4.47 Å². The fourth-order valence-electron chi connectivity index (χ4n) is 1.19. The van der Waals surface area contributed by atoms with Crippen LogP contribution in [0.25, 0.3) is 0 Å². The van der Waals surface area contributed by atoms with Crippen LogP contribution < -0.4 is 5.32 Å². The van der Waals surface area contributed by atoms with Crippen LogP contribution in [-0.2, 0) is 0 Å². The van der Waals surface area contributed by atoms with E-state index in [-0.39, 0.29) is 5.91 Å². The highest BCUT2D eigenvalue weighted by molar-refractivity contribution is 9.10. The number of amides is 1. The lowest BCUT2D eigenvalue weighted by molar-refractivity contribution is 0.103. The summed E-state index contributed by atoms with van der Waals surface area (Å²) in [7, 11) is 0. The molecule has 1 heterocycles. The lowest BCUT2D eigenvalue weighted by atomic mass is 10.2. The molecule has 1 N–H and O–H groups in total.